The third kappa shape index (κ3) is 6.84. The number of rotatable bonds is 6. The number of imidazole rings is 1. The Labute approximate surface area is 191 Å². The second-order valence-corrected chi connectivity index (χ2v) is 8.66. The van der Waals surface area contributed by atoms with Crippen LogP contribution in [0.1, 0.15) is 46.4 Å². The highest BCUT2D eigenvalue weighted by Crippen LogP contribution is 2.34. The van der Waals surface area contributed by atoms with E-state index >= 15 is 0 Å². The molecule has 1 aromatic carbocycles. The highest BCUT2D eigenvalue weighted by atomic mass is 127. The molecule has 0 bridgehead atoms. The number of guanidine groups is 1. The highest BCUT2D eigenvalue weighted by molar-refractivity contribution is 14.0. The van der Waals surface area contributed by atoms with E-state index < -0.39 is 0 Å². The molecule has 1 saturated heterocycles. The van der Waals surface area contributed by atoms with Gasteiger partial charge in [0.1, 0.15) is 5.82 Å². The standard InChI is InChI=1S/C22H35N5O.HI/c1-5-23-21(25-15-16-9-8-14-28-20(16)22(2,3)4)24-13-12-19-26-17-10-6-7-11-18(17)27-19;/h6-7,10-11,16,20H,5,8-9,12-15H2,1-4H3,(H,26,27)(H2,23,24,25);1H. The number of nitrogens with one attached hydrogen (secondary N) is 3. The molecule has 162 valence electrons. The van der Waals surface area contributed by atoms with Gasteiger partial charge in [-0.3, -0.25) is 4.99 Å². The SMILES string of the molecule is CCNC(=NCC1CCCOC1C(C)(C)C)NCCc1nc2ccccc2[nH]1.I. The van der Waals surface area contributed by atoms with Gasteiger partial charge in [-0.15, -0.1) is 24.0 Å². The average Bonchev–Trinajstić information content (AvgIpc) is 3.08. The number of para-hydroxylation sites is 2. The van der Waals surface area contributed by atoms with Gasteiger partial charge < -0.3 is 20.4 Å². The molecule has 0 spiro atoms. The molecule has 2 unspecified atom stereocenters. The number of aliphatic imine (C=N–C) groups is 1. The fourth-order valence-electron chi connectivity index (χ4n) is 3.96. The zero-order chi connectivity index (χ0) is 20.0. The Kier molecular flexibility index (Phi) is 9.20. The van der Waals surface area contributed by atoms with E-state index in [1.165, 1.54) is 6.42 Å². The van der Waals surface area contributed by atoms with Crippen LogP contribution in [0, 0.1) is 11.3 Å². The summed E-state index contributed by atoms with van der Waals surface area (Å²) in [5.41, 5.74) is 2.25. The average molecular weight is 513 g/mol. The molecule has 0 aliphatic carbocycles. The quantitative estimate of drug-likeness (QED) is 0.309. The van der Waals surface area contributed by atoms with Gasteiger partial charge in [-0.25, -0.2) is 4.98 Å². The Morgan fingerprint density at radius 1 is 1.28 bits per heavy atom. The van der Waals surface area contributed by atoms with Crippen molar-refractivity contribution in [2.45, 2.75) is 53.1 Å². The van der Waals surface area contributed by atoms with Crippen molar-refractivity contribution in [3.8, 4) is 0 Å². The number of nitrogens with zero attached hydrogens (tertiary/aromatic N) is 2. The molecule has 2 atom stereocenters. The molecule has 0 saturated carbocycles. The Balaban J connectivity index is 0.00000300. The van der Waals surface area contributed by atoms with Crippen LogP contribution in [0.4, 0.5) is 0 Å². The maximum Gasteiger partial charge on any atom is 0.191 e. The van der Waals surface area contributed by atoms with E-state index in [2.05, 4.69) is 54.4 Å². The van der Waals surface area contributed by atoms with Crippen LogP contribution in [0.5, 0.6) is 0 Å². The third-order valence-electron chi connectivity index (χ3n) is 5.22. The molecular formula is C22H36IN5O. The van der Waals surface area contributed by atoms with Gasteiger partial charge in [-0.05, 0) is 37.3 Å². The molecule has 1 aliphatic rings. The van der Waals surface area contributed by atoms with Gasteiger partial charge >= 0.3 is 0 Å². The summed E-state index contributed by atoms with van der Waals surface area (Å²) in [4.78, 5) is 12.9. The maximum absolute atomic E-state index is 6.09. The van der Waals surface area contributed by atoms with Crippen LogP contribution in [0.15, 0.2) is 29.3 Å². The lowest BCUT2D eigenvalue weighted by Crippen LogP contribution is -2.43. The zero-order valence-electron chi connectivity index (χ0n) is 18.1. The first-order chi connectivity index (χ1) is 13.5. The van der Waals surface area contributed by atoms with E-state index in [1.807, 2.05) is 18.2 Å². The van der Waals surface area contributed by atoms with Gasteiger partial charge in [0, 0.05) is 38.6 Å². The summed E-state index contributed by atoms with van der Waals surface area (Å²) in [5.74, 6) is 2.34. The topological polar surface area (TPSA) is 74.3 Å². The Bertz CT molecular complexity index is 750. The van der Waals surface area contributed by atoms with E-state index in [0.717, 1.165) is 61.9 Å². The van der Waals surface area contributed by atoms with Crippen LogP contribution >= 0.6 is 24.0 Å². The van der Waals surface area contributed by atoms with E-state index in [9.17, 15) is 0 Å². The zero-order valence-corrected chi connectivity index (χ0v) is 20.5. The third-order valence-corrected chi connectivity index (χ3v) is 5.22. The number of ether oxygens (including phenoxy) is 1. The number of H-pyrrole nitrogens is 1. The Morgan fingerprint density at radius 2 is 2.07 bits per heavy atom. The normalized spacial score (nSPS) is 20.3. The molecule has 1 aliphatic heterocycles. The second-order valence-electron chi connectivity index (χ2n) is 8.66. The molecule has 3 rings (SSSR count). The van der Waals surface area contributed by atoms with Gasteiger partial charge in [0.25, 0.3) is 0 Å². The van der Waals surface area contributed by atoms with Crippen molar-refractivity contribution in [1.29, 1.82) is 0 Å². The number of hydrogen-bond acceptors (Lipinski definition) is 3. The predicted octanol–water partition coefficient (Wildman–Crippen LogP) is 4.12. The lowest BCUT2D eigenvalue weighted by atomic mass is 9.78. The first kappa shape index (κ1) is 23.9. The minimum atomic E-state index is 0. The first-order valence-corrected chi connectivity index (χ1v) is 10.5. The molecule has 7 heteroatoms. The molecule has 0 radical (unpaired) electrons. The highest BCUT2D eigenvalue weighted by Gasteiger charge is 2.35. The van der Waals surface area contributed by atoms with E-state index in [0.29, 0.717) is 5.92 Å². The molecule has 1 fully saturated rings. The number of benzene rings is 1. The van der Waals surface area contributed by atoms with Gasteiger partial charge in [-0.2, -0.15) is 0 Å². The van der Waals surface area contributed by atoms with Crippen molar-refractivity contribution >= 4 is 41.0 Å². The van der Waals surface area contributed by atoms with Crippen LogP contribution in [0.3, 0.4) is 0 Å². The Hall–Kier alpha value is -1.35. The van der Waals surface area contributed by atoms with Crippen LogP contribution in [0.25, 0.3) is 11.0 Å². The molecule has 1 aromatic heterocycles. The fraction of sp³-hybridized carbons (Fsp3) is 0.636. The second kappa shape index (κ2) is 11.2. The van der Waals surface area contributed by atoms with E-state index in [1.54, 1.807) is 0 Å². The number of fused-ring (bicyclic) bond motifs is 1. The lowest BCUT2D eigenvalue weighted by molar-refractivity contribution is -0.0823. The monoisotopic (exact) mass is 513 g/mol. The summed E-state index contributed by atoms with van der Waals surface area (Å²) in [5, 5.41) is 6.80. The fourth-order valence-corrected chi connectivity index (χ4v) is 3.96. The van der Waals surface area contributed by atoms with Crippen molar-refractivity contribution < 1.29 is 4.74 Å². The summed E-state index contributed by atoms with van der Waals surface area (Å²) in [6.07, 6.45) is 3.41. The molecule has 2 heterocycles. The van der Waals surface area contributed by atoms with E-state index in [4.69, 9.17) is 9.73 Å². The molecule has 6 nitrogen and oxygen atoms in total. The lowest BCUT2D eigenvalue weighted by Gasteiger charge is -2.39. The van der Waals surface area contributed by atoms with Crippen LogP contribution in [-0.2, 0) is 11.2 Å². The van der Waals surface area contributed by atoms with Crippen molar-refractivity contribution in [2.75, 3.05) is 26.2 Å². The van der Waals surface area contributed by atoms with Gasteiger partial charge in [0.05, 0.1) is 17.1 Å². The van der Waals surface area contributed by atoms with Crippen molar-refractivity contribution in [2.24, 2.45) is 16.3 Å². The number of hydrogen-bond donors (Lipinski definition) is 3. The predicted molar refractivity (Wildman–Crippen MR) is 131 cm³/mol. The molecular weight excluding hydrogens is 477 g/mol. The molecule has 2 aromatic rings. The first-order valence-electron chi connectivity index (χ1n) is 10.5. The molecule has 0 amide bonds. The van der Waals surface area contributed by atoms with Crippen LogP contribution in [-0.4, -0.2) is 48.3 Å². The van der Waals surface area contributed by atoms with Crippen molar-refractivity contribution in [3.63, 3.8) is 0 Å². The summed E-state index contributed by atoms with van der Waals surface area (Å²) in [7, 11) is 0. The number of aromatic amines is 1. The van der Waals surface area contributed by atoms with Crippen LogP contribution in [0.2, 0.25) is 0 Å². The smallest absolute Gasteiger partial charge is 0.191 e. The van der Waals surface area contributed by atoms with Crippen LogP contribution < -0.4 is 10.6 Å². The van der Waals surface area contributed by atoms with Gasteiger partial charge in [-0.1, -0.05) is 32.9 Å². The summed E-state index contributed by atoms with van der Waals surface area (Å²) >= 11 is 0. The Morgan fingerprint density at radius 3 is 2.79 bits per heavy atom. The van der Waals surface area contributed by atoms with Crippen molar-refractivity contribution in [3.05, 3.63) is 30.1 Å². The summed E-state index contributed by atoms with van der Waals surface area (Å²) in [6.45, 7) is 12.2. The van der Waals surface area contributed by atoms with E-state index in [-0.39, 0.29) is 35.5 Å². The summed E-state index contributed by atoms with van der Waals surface area (Å²) in [6, 6.07) is 8.13. The minimum Gasteiger partial charge on any atom is -0.377 e. The number of halogens is 1. The molecule has 29 heavy (non-hydrogen) atoms. The largest absolute Gasteiger partial charge is 0.377 e. The number of aromatic nitrogens is 2. The minimum absolute atomic E-state index is 0. The van der Waals surface area contributed by atoms with Crippen molar-refractivity contribution in [1.82, 2.24) is 20.6 Å². The molecule has 3 N–H and O–H groups in total. The maximum atomic E-state index is 6.09. The van der Waals surface area contributed by atoms with Gasteiger partial charge in [0.15, 0.2) is 5.96 Å². The van der Waals surface area contributed by atoms with Gasteiger partial charge in [0.2, 0.25) is 0 Å². The summed E-state index contributed by atoms with van der Waals surface area (Å²) < 4.78 is 6.09.